The van der Waals surface area contributed by atoms with E-state index in [1.807, 2.05) is 31.2 Å². The van der Waals surface area contributed by atoms with E-state index in [1.54, 1.807) is 6.92 Å². The monoisotopic (exact) mass is 277 g/mol. The summed E-state index contributed by atoms with van der Waals surface area (Å²) in [5.41, 5.74) is 1.16. The number of carboxylic acid groups (broad SMARTS) is 1. The Labute approximate surface area is 122 Å². The van der Waals surface area contributed by atoms with Crippen LogP contribution in [0.3, 0.4) is 0 Å². The number of carboxylic acids is 1. The summed E-state index contributed by atoms with van der Waals surface area (Å²) < 4.78 is 0. The first kappa shape index (κ1) is 16.5. The maximum atomic E-state index is 11.5. The minimum atomic E-state index is -0.887. The second-order valence-corrected chi connectivity index (χ2v) is 5.79. The van der Waals surface area contributed by atoms with E-state index in [-0.39, 0.29) is 0 Å². The van der Waals surface area contributed by atoms with Gasteiger partial charge < -0.3 is 10.4 Å². The van der Waals surface area contributed by atoms with Gasteiger partial charge in [0.05, 0.1) is 0 Å². The maximum absolute atomic E-state index is 11.5. The van der Waals surface area contributed by atoms with Crippen molar-refractivity contribution in [3.05, 3.63) is 29.8 Å². The summed E-state index contributed by atoms with van der Waals surface area (Å²) in [6.07, 6.45) is 6.33. The average Bonchev–Trinajstić information content (AvgIpc) is 2.41. The molecule has 0 fully saturated rings. The van der Waals surface area contributed by atoms with Gasteiger partial charge in [0.2, 0.25) is 0 Å². The van der Waals surface area contributed by atoms with E-state index >= 15 is 0 Å². The van der Waals surface area contributed by atoms with Crippen LogP contribution in [0, 0.1) is 6.92 Å². The van der Waals surface area contributed by atoms with E-state index < -0.39 is 11.5 Å². The molecule has 20 heavy (non-hydrogen) atoms. The van der Waals surface area contributed by atoms with E-state index in [4.69, 9.17) is 0 Å². The molecule has 0 aromatic heterocycles. The van der Waals surface area contributed by atoms with Gasteiger partial charge >= 0.3 is 5.97 Å². The van der Waals surface area contributed by atoms with Crippen molar-refractivity contribution in [2.45, 2.75) is 64.8 Å². The summed E-state index contributed by atoms with van der Waals surface area (Å²) in [5, 5.41) is 12.7. The second kappa shape index (κ2) is 7.93. The van der Waals surface area contributed by atoms with E-state index in [9.17, 15) is 9.90 Å². The quantitative estimate of drug-likeness (QED) is 0.648. The molecule has 3 heteroatoms. The molecule has 2 N–H and O–H groups in total. The van der Waals surface area contributed by atoms with Crippen LogP contribution in [0.25, 0.3) is 0 Å². The minimum absolute atomic E-state index is 0.653. The molecular formula is C17H27NO2. The summed E-state index contributed by atoms with van der Waals surface area (Å²) in [6.45, 7) is 5.98. The molecule has 0 aliphatic rings. The van der Waals surface area contributed by atoms with E-state index in [1.165, 1.54) is 24.8 Å². The van der Waals surface area contributed by atoms with Crippen molar-refractivity contribution < 1.29 is 9.90 Å². The topological polar surface area (TPSA) is 49.3 Å². The Morgan fingerprint density at radius 3 is 2.30 bits per heavy atom. The van der Waals surface area contributed by atoms with Gasteiger partial charge in [-0.25, -0.2) is 4.79 Å². The smallest absolute Gasteiger partial charge is 0.329 e. The third kappa shape index (κ3) is 5.24. The van der Waals surface area contributed by atoms with Gasteiger partial charge in [0, 0.05) is 5.69 Å². The lowest BCUT2D eigenvalue weighted by molar-refractivity contribution is -0.142. The minimum Gasteiger partial charge on any atom is -0.480 e. The Bertz CT molecular complexity index is 414. The number of rotatable bonds is 9. The zero-order valence-corrected chi connectivity index (χ0v) is 12.9. The lowest BCUT2D eigenvalue weighted by atomic mass is 9.93. The molecule has 1 unspecified atom stereocenters. The number of hydrogen-bond acceptors (Lipinski definition) is 2. The number of carbonyl (C=O) groups is 1. The van der Waals surface area contributed by atoms with Gasteiger partial charge in [-0.2, -0.15) is 0 Å². The highest BCUT2D eigenvalue weighted by molar-refractivity contribution is 5.82. The number of hydrogen-bond donors (Lipinski definition) is 2. The lowest BCUT2D eigenvalue weighted by Gasteiger charge is -2.27. The van der Waals surface area contributed by atoms with Crippen molar-refractivity contribution in [3.63, 3.8) is 0 Å². The Hall–Kier alpha value is -1.51. The standard InChI is InChI=1S/C17H27NO2/c1-4-5-6-7-8-13-17(3,16(19)20)18-15-11-9-14(2)10-12-15/h9-12,18H,4-8,13H2,1-3H3,(H,19,20). The summed E-state index contributed by atoms with van der Waals surface area (Å²) in [5.74, 6) is -0.784. The van der Waals surface area contributed by atoms with Crippen molar-refractivity contribution in [1.82, 2.24) is 0 Å². The predicted octanol–water partition coefficient (Wildman–Crippen LogP) is 4.61. The van der Waals surface area contributed by atoms with E-state index in [0.29, 0.717) is 6.42 Å². The second-order valence-electron chi connectivity index (χ2n) is 5.79. The molecule has 3 nitrogen and oxygen atoms in total. The first-order chi connectivity index (χ1) is 9.48. The number of unbranched alkanes of at least 4 members (excludes halogenated alkanes) is 4. The molecule has 0 aliphatic carbocycles. The molecular weight excluding hydrogens is 250 g/mol. The summed E-state index contributed by atoms with van der Waals surface area (Å²) in [6, 6.07) is 7.86. The highest BCUT2D eigenvalue weighted by Gasteiger charge is 2.32. The number of aliphatic carboxylic acids is 1. The van der Waals surface area contributed by atoms with Crippen LogP contribution in [0.5, 0.6) is 0 Å². The van der Waals surface area contributed by atoms with Crippen LogP contribution in [0.4, 0.5) is 5.69 Å². The number of benzene rings is 1. The zero-order valence-electron chi connectivity index (χ0n) is 12.9. The maximum Gasteiger partial charge on any atom is 0.329 e. The Morgan fingerprint density at radius 2 is 1.75 bits per heavy atom. The van der Waals surface area contributed by atoms with Gasteiger partial charge in [-0.15, -0.1) is 0 Å². The van der Waals surface area contributed by atoms with Gasteiger partial charge in [-0.05, 0) is 32.4 Å². The third-order valence-corrected chi connectivity index (χ3v) is 3.72. The molecule has 1 aromatic carbocycles. The number of anilines is 1. The van der Waals surface area contributed by atoms with Crippen molar-refractivity contribution in [2.75, 3.05) is 5.32 Å². The fourth-order valence-corrected chi connectivity index (χ4v) is 2.26. The summed E-state index contributed by atoms with van der Waals surface area (Å²) in [7, 11) is 0. The molecule has 0 bridgehead atoms. The van der Waals surface area contributed by atoms with E-state index in [2.05, 4.69) is 12.2 Å². The molecule has 0 saturated carbocycles. The normalized spacial score (nSPS) is 13.8. The molecule has 0 heterocycles. The molecule has 0 amide bonds. The van der Waals surface area contributed by atoms with Crippen molar-refractivity contribution in [3.8, 4) is 0 Å². The Kier molecular flexibility index (Phi) is 6.56. The van der Waals surface area contributed by atoms with Gasteiger partial charge in [0.25, 0.3) is 0 Å². The number of nitrogens with one attached hydrogen (secondary N) is 1. The third-order valence-electron chi connectivity index (χ3n) is 3.72. The van der Waals surface area contributed by atoms with Crippen molar-refractivity contribution >= 4 is 11.7 Å². The SMILES string of the molecule is CCCCCCCC(C)(Nc1ccc(C)cc1)C(=O)O. The molecule has 0 radical (unpaired) electrons. The van der Waals surface area contributed by atoms with Crippen LogP contribution in [0.2, 0.25) is 0 Å². The molecule has 0 spiro atoms. The highest BCUT2D eigenvalue weighted by Crippen LogP contribution is 2.22. The Balaban J connectivity index is 2.57. The van der Waals surface area contributed by atoms with Crippen LogP contribution < -0.4 is 5.32 Å². The van der Waals surface area contributed by atoms with Crippen LogP contribution in [-0.2, 0) is 4.79 Å². The Morgan fingerprint density at radius 1 is 1.15 bits per heavy atom. The lowest BCUT2D eigenvalue weighted by Crippen LogP contribution is -2.43. The van der Waals surface area contributed by atoms with Gasteiger partial charge in [0.1, 0.15) is 5.54 Å². The van der Waals surface area contributed by atoms with Crippen LogP contribution in [0.1, 0.15) is 57.9 Å². The van der Waals surface area contributed by atoms with E-state index in [0.717, 1.165) is 18.5 Å². The van der Waals surface area contributed by atoms with Crippen molar-refractivity contribution in [2.24, 2.45) is 0 Å². The van der Waals surface area contributed by atoms with Gasteiger partial charge in [-0.1, -0.05) is 56.7 Å². The zero-order chi connectivity index (χ0) is 15.0. The van der Waals surface area contributed by atoms with Crippen molar-refractivity contribution in [1.29, 1.82) is 0 Å². The highest BCUT2D eigenvalue weighted by atomic mass is 16.4. The fourth-order valence-electron chi connectivity index (χ4n) is 2.26. The molecule has 1 aromatic rings. The molecule has 1 atom stereocenters. The number of aryl methyl sites for hydroxylation is 1. The molecule has 1 rings (SSSR count). The largest absolute Gasteiger partial charge is 0.480 e. The summed E-state index contributed by atoms with van der Waals surface area (Å²) in [4.78, 5) is 11.5. The first-order valence-electron chi connectivity index (χ1n) is 7.56. The van der Waals surface area contributed by atoms with Crippen LogP contribution in [0.15, 0.2) is 24.3 Å². The molecule has 112 valence electrons. The molecule has 0 aliphatic heterocycles. The first-order valence-corrected chi connectivity index (χ1v) is 7.56. The summed E-state index contributed by atoms with van der Waals surface area (Å²) >= 11 is 0. The average molecular weight is 277 g/mol. The van der Waals surface area contributed by atoms with Crippen LogP contribution in [-0.4, -0.2) is 16.6 Å². The van der Waals surface area contributed by atoms with Gasteiger partial charge in [-0.3, -0.25) is 0 Å². The van der Waals surface area contributed by atoms with Gasteiger partial charge in [0.15, 0.2) is 0 Å². The predicted molar refractivity (Wildman–Crippen MR) is 84.2 cm³/mol. The van der Waals surface area contributed by atoms with Crippen LogP contribution >= 0.6 is 0 Å². The molecule has 0 saturated heterocycles. The fraction of sp³-hybridized carbons (Fsp3) is 0.588.